The summed E-state index contributed by atoms with van der Waals surface area (Å²) in [6.07, 6.45) is 0.883. The smallest absolute Gasteiger partial charge is 0.374 e. The second-order valence-corrected chi connectivity index (χ2v) is 2.57. The van der Waals surface area contributed by atoms with E-state index in [1.165, 1.54) is 0 Å². The van der Waals surface area contributed by atoms with Crippen LogP contribution < -0.4 is 11.1 Å². The molecule has 0 aliphatic heterocycles. The van der Waals surface area contributed by atoms with Gasteiger partial charge in [-0.3, -0.25) is 0 Å². The van der Waals surface area contributed by atoms with E-state index in [2.05, 4.69) is 20.3 Å². The Balaban J connectivity index is 2.89. The van der Waals surface area contributed by atoms with Gasteiger partial charge in [-0.15, -0.1) is 0 Å². The molecule has 0 saturated carbocycles. The van der Waals surface area contributed by atoms with Crippen molar-refractivity contribution in [2.45, 2.75) is 13.3 Å². The number of hydrogen-bond acceptors (Lipinski definition) is 6. The van der Waals surface area contributed by atoms with Crippen molar-refractivity contribution < 1.29 is 9.90 Å². The Labute approximate surface area is 80.4 Å². The average molecular weight is 197 g/mol. The van der Waals surface area contributed by atoms with Gasteiger partial charge >= 0.3 is 5.97 Å². The molecule has 0 bridgehead atoms. The maximum absolute atomic E-state index is 10.5. The monoisotopic (exact) mass is 197 g/mol. The third-order valence-corrected chi connectivity index (χ3v) is 1.38. The Hall–Kier alpha value is -1.92. The zero-order valence-corrected chi connectivity index (χ0v) is 7.69. The van der Waals surface area contributed by atoms with Crippen LogP contribution in [0.15, 0.2) is 0 Å². The van der Waals surface area contributed by atoms with E-state index in [1.807, 2.05) is 6.92 Å². The van der Waals surface area contributed by atoms with Crippen molar-refractivity contribution in [1.29, 1.82) is 0 Å². The fourth-order valence-corrected chi connectivity index (χ4v) is 0.804. The van der Waals surface area contributed by atoms with E-state index in [0.717, 1.165) is 6.42 Å². The van der Waals surface area contributed by atoms with Crippen LogP contribution >= 0.6 is 0 Å². The summed E-state index contributed by atoms with van der Waals surface area (Å²) in [6, 6.07) is 0. The van der Waals surface area contributed by atoms with Crippen molar-refractivity contribution in [3.05, 3.63) is 5.82 Å². The third-order valence-electron chi connectivity index (χ3n) is 1.38. The molecule has 1 rings (SSSR count). The second kappa shape index (κ2) is 4.35. The van der Waals surface area contributed by atoms with Crippen LogP contribution in [0.25, 0.3) is 0 Å². The van der Waals surface area contributed by atoms with Crippen LogP contribution in [0.4, 0.5) is 11.9 Å². The number of aromatic carboxylic acids is 1. The summed E-state index contributed by atoms with van der Waals surface area (Å²) in [6.45, 7) is 2.62. The molecule has 7 nitrogen and oxygen atoms in total. The van der Waals surface area contributed by atoms with Crippen LogP contribution in [-0.2, 0) is 0 Å². The first-order valence-electron chi connectivity index (χ1n) is 4.12. The predicted octanol–water partition coefficient (Wildman–Crippen LogP) is -0.0261. The van der Waals surface area contributed by atoms with E-state index in [9.17, 15) is 4.79 Å². The Morgan fingerprint density at radius 1 is 1.50 bits per heavy atom. The van der Waals surface area contributed by atoms with Gasteiger partial charge in [0.15, 0.2) is 0 Å². The van der Waals surface area contributed by atoms with E-state index in [-0.39, 0.29) is 17.7 Å². The minimum Gasteiger partial charge on any atom is -0.475 e. The number of nitrogens with one attached hydrogen (secondary N) is 1. The van der Waals surface area contributed by atoms with Gasteiger partial charge in [0.05, 0.1) is 0 Å². The zero-order chi connectivity index (χ0) is 10.6. The van der Waals surface area contributed by atoms with Crippen molar-refractivity contribution in [3.8, 4) is 0 Å². The maximum atomic E-state index is 10.5. The van der Waals surface area contributed by atoms with Crippen molar-refractivity contribution in [1.82, 2.24) is 15.0 Å². The molecule has 1 aromatic rings. The number of carboxylic acids is 1. The number of carbonyl (C=O) groups is 1. The maximum Gasteiger partial charge on any atom is 0.374 e. The van der Waals surface area contributed by atoms with Crippen molar-refractivity contribution >= 4 is 17.9 Å². The van der Waals surface area contributed by atoms with Gasteiger partial charge in [0.1, 0.15) is 0 Å². The van der Waals surface area contributed by atoms with Crippen molar-refractivity contribution in [3.63, 3.8) is 0 Å². The molecule has 1 aromatic heterocycles. The van der Waals surface area contributed by atoms with Crippen molar-refractivity contribution in [2.24, 2.45) is 0 Å². The highest BCUT2D eigenvalue weighted by Crippen LogP contribution is 2.02. The molecule has 0 amide bonds. The van der Waals surface area contributed by atoms with Crippen LogP contribution in [-0.4, -0.2) is 32.6 Å². The summed E-state index contributed by atoms with van der Waals surface area (Å²) in [5, 5.41) is 11.4. The Morgan fingerprint density at radius 3 is 2.79 bits per heavy atom. The molecule has 0 fully saturated rings. The summed E-state index contributed by atoms with van der Waals surface area (Å²) in [5.41, 5.74) is 5.30. The van der Waals surface area contributed by atoms with E-state index < -0.39 is 5.97 Å². The highest BCUT2D eigenvalue weighted by Gasteiger charge is 2.09. The number of hydrogen-bond donors (Lipinski definition) is 3. The minimum atomic E-state index is -1.22. The highest BCUT2D eigenvalue weighted by molar-refractivity contribution is 5.83. The summed E-state index contributed by atoms with van der Waals surface area (Å²) in [7, 11) is 0. The predicted molar refractivity (Wildman–Crippen MR) is 50.0 cm³/mol. The van der Waals surface area contributed by atoms with Gasteiger partial charge in [0.25, 0.3) is 0 Å². The van der Waals surface area contributed by atoms with Gasteiger partial charge < -0.3 is 16.2 Å². The minimum absolute atomic E-state index is 0.101. The quantitative estimate of drug-likeness (QED) is 0.621. The molecule has 14 heavy (non-hydrogen) atoms. The van der Waals surface area contributed by atoms with Crippen LogP contribution in [0.1, 0.15) is 24.0 Å². The summed E-state index contributed by atoms with van der Waals surface area (Å²) in [5.74, 6) is -1.48. The molecule has 4 N–H and O–H groups in total. The van der Waals surface area contributed by atoms with Gasteiger partial charge in [-0.1, -0.05) is 6.92 Å². The molecule has 0 atom stereocenters. The zero-order valence-electron chi connectivity index (χ0n) is 7.69. The second-order valence-electron chi connectivity index (χ2n) is 2.57. The lowest BCUT2D eigenvalue weighted by Gasteiger charge is -2.03. The lowest BCUT2D eigenvalue weighted by molar-refractivity contribution is 0.0683. The fourth-order valence-electron chi connectivity index (χ4n) is 0.804. The Kier molecular flexibility index (Phi) is 3.16. The van der Waals surface area contributed by atoms with Gasteiger partial charge in [0.2, 0.25) is 17.7 Å². The number of nitrogen functional groups attached to an aromatic ring is 1. The Morgan fingerprint density at radius 2 is 2.21 bits per heavy atom. The number of anilines is 2. The highest BCUT2D eigenvalue weighted by atomic mass is 16.4. The van der Waals surface area contributed by atoms with E-state index >= 15 is 0 Å². The molecule has 0 aliphatic rings. The van der Waals surface area contributed by atoms with Crippen LogP contribution in [0.3, 0.4) is 0 Å². The molecule has 1 heterocycles. The average Bonchev–Trinajstić information content (AvgIpc) is 2.14. The molecule has 0 radical (unpaired) electrons. The number of aromatic nitrogens is 3. The van der Waals surface area contributed by atoms with E-state index in [1.54, 1.807) is 0 Å². The first-order valence-corrected chi connectivity index (χ1v) is 4.12. The molecule has 76 valence electrons. The topological polar surface area (TPSA) is 114 Å². The van der Waals surface area contributed by atoms with Crippen molar-refractivity contribution in [2.75, 3.05) is 17.6 Å². The van der Waals surface area contributed by atoms with Gasteiger partial charge in [0, 0.05) is 6.54 Å². The SMILES string of the molecule is CCCNc1nc(N)nc(C(=O)O)n1. The first kappa shape index (κ1) is 10.2. The normalized spacial score (nSPS) is 9.79. The first-order chi connectivity index (χ1) is 6.63. The van der Waals surface area contributed by atoms with Gasteiger partial charge in [-0.2, -0.15) is 15.0 Å². The van der Waals surface area contributed by atoms with Gasteiger partial charge in [-0.25, -0.2) is 4.79 Å². The molecular formula is C7H11N5O2. The molecular weight excluding hydrogens is 186 g/mol. The number of rotatable bonds is 4. The van der Waals surface area contributed by atoms with Gasteiger partial charge in [-0.05, 0) is 6.42 Å². The standard InChI is InChI=1S/C7H11N5O2/c1-2-3-9-7-11-4(5(13)14)10-6(8)12-7/h2-3H2,1H3,(H,13,14)(H3,8,9,10,11,12). The molecule has 0 aromatic carbocycles. The third kappa shape index (κ3) is 2.54. The largest absolute Gasteiger partial charge is 0.475 e. The van der Waals surface area contributed by atoms with E-state index in [4.69, 9.17) is 10.8 Å². The molecule has 0 spiro atoms. The molecule has 0 unspecified atom stereocenters. The van der Waals surface area contributed by atoms with Crippen LogP contribution in [0.5, 0.6) is 0 Å². The summed E-state index contributed by atoms with van der Waals surface area (Å²) < 4.78 is 0. The number of carboxylic acid groups (broad SMARTS) is 1. The number of nitrogens with zero attached hydrogens (tertiary/aromatic N) is 3. The molecule has 0 saturated heterocycles. The number of nitrogens with two attached hydrogens (primary N) is 1. The van der Waals surface area contributed by atoms with Crippen LogP contribution in [0.2, 0.25) is 0 Å². The lowest BCUT2D eigenvalue weighted by Crippen LogP contribution is -2.13. The molecule has 0 aliphatic carbocycles. The summed E-state index contributed by atoms with van der Waals surface area (Å²) >= 11 is 0. The van der Waals surface area contributed by atoms with E-state index in [0.29, 0.717) is 6.54 Å². The Bertz CT molecular complexity index is 341. The molecule has 7 heteroatoms. The fraction of sp³-hybridized carbons (Fsp3) is 0.429. The van der Waals surface area contributed by atoms with Crippen LogP contribution in [0, 0.1) is 0 Å². The lowest BCUT2D eigenvalue weighted by atomic mass is 10.5. The summed E-state index contributed by atoms with van der Waals surface area (Å²) in [4.78, 5) is 21.4.